The van der Waals surface area contributed by atoms with Crippen molar-refractivity contribution in [1.29, 1.82) is 0 Å². The first-order chi connectivity index (χ1) is 12.5. The van der Waals surface area contributed by atoms with Gasteiger partial charge in [0, 0.05) is 58.4 Å². The fourth-order valence-corrected chi connectivity index (χ4v) is 3.86. The van der Waals surface area contributed by atoms with Crippen molar-refractivity contribution in [2.45, 2.75) is 19.3 Å². The molecule has 142 valence electrons. The minimum absolute atomic E-state index is 0.0387. The number of amides is 1. The molecule has 1 atom stereocenters. The van der Waals surface area contributed by atoms with Crippen molar-refractivity contribution in [1.82, 2.24) is 15.1 Å². The van der Waals surface area contributed by atoms with Crippen LogP contribution in [0.2, 0.25) is 0 Å². The highest BCUT2D eigenvalue weighted by atomic mass is 16.5. The highest BCUT2D eigenvalue weighted by molar-refractivity contribution is 5.94. The molecule has 1 spiro atoms. The van der Waals surface area contributed by atoms with E-state index >= 15 is 0 Å². The third kappa shape index (κ3) is 4.18. The molecular formula is C20H30N4O2. The number of aliphatic imine (C=N–C) groups is 1. The predicted molar refractivity (Wildman–Crippen MR) is 104 cm³/mol. The summed E-state index contributed by atoms with van der Waals surface area (Å²) in [7, 11) is 5.40. The van der Waals surface area contributed by atoms with Gasteiger partial charge in [-0.15, -0.1) is 0 Å². The van der Waals surface area contributed by atoms with Crippen LogP contribution in [0.1, 0.15) is 28.8 Å². The summed E-state index contributed by atoms with van der Waals surface area (Å²) in [5.41, 5.74) is 2.22. The molecule has 0 aliphatic carbocycles. The fourth-order valence-electron chi connectivity index (χ4n) is 3.86. The van der Waals surface area contributed by atoms with Crippen LogP contribution in [-0.2, 0) is 11.2 Å². The number of likely N-dealkylation sites (tertiary alicyclic amines) is 1. The normalized spacial score (nSPS) is 22.9. The second kappa shape index (κ2) is 8.08. The summed E-state index contributed by atoms with van der Waals surface area (Å²) in [6.07, 6.45) is 3.20. The van der Waals surface area contributed by atoms with Crippen molar-refractivity contribution in [2.24, 2.45) is 10.4 Å². The lowest BCUT2D eigenvalue weighted by Crippen LogP contribution is -2.42. The van der Waals surface area contributed by atoms with Gasteiger partial charge in [-0.25, -0.2) is 0 Å². The van der Waals surface area contributed by atoms with Gasteiger partial charge >= 0.3 is 0 Å². The molecule has 1 aromatic rings. The SMILES string of the molecule is CN=C(NCCc1cccc(C(=O)N(C)C)c1)N1CCC2(CCOC2)C1. The van der Waals surface area contributed by atoms with Crippen LogP contribution in [0, 0.1) is 5.41 Å². The first-order valence-corrected chi connectivity index (χ1v) is 9.37. The average Bonchev–Trinajstić information content (AvgIpc) is 3.28. The lowest BCUT2D eigenvalue weighted by atomic mass is 9.87. The lowest BCUT2D eigenvalue weighted by molar-refractivity contribution is 0.0827. The van der Waals surface area contributed by atoms with E-state index in [1.807, 2.05) is 25.2 Å². The molecule has 1 amide bonds. The van der Waals surface area contributed by atoms with Gasteiger partial charge in [-0.3, -0.25) is 9.79 Å². The molecule has 2 aliphatic rings. The number of nitrogens with one attached hydrogen (secondary N) is 1. The Morgan fingerprint density at radius 3 is 2.92 bits per heavy atom. The maximum atomic E-state index is 12.1. The van der Waals surface area contributed by atoms with Crippen molar-refractivity contribution >= 4 is 11.9 Å². The van der Waals surface area contributed by atoms with Gasteiger partial charge in [0.25, 0.3) is 5.91 Å². The van der Waals surface area contributed by atoms with E-state index in [0.29, 0.717) is 5.41 Å². The van der Waals surface area contributed by atoms with Gasteiger partial charge in [0.1, 0.15) is 0 Å². The van der Waals surface area contributed by atoms with Gasteiger partial charge < -0.3 is 19.9 Å². The van der Waals surface area contributed by atoms with Crippen molar-refractivity contribution in [3.05, 3.63) is 35.4 Å². The Kier molecular flexibility index (Phi) is 5.81. The Balaban J connectivity index is 1.52. The number of carbonyl (C=O) groups excluding carboxylic acids is 1. The van der Waals surface area contributed by atoms with Crippen molar-refractivity contribution < 1.29 is 9.53 Å². The number of carbonyl (C=O) groups is 1. The minimum Gasteiger partial charge on any atom is -0.381 e. The average molecular weight is 358 g/mol. The third-order valence-electron chi connectivity index (χ3n) is 5.41. The zero-order valence-electron chi connectivity index (χ0n) is 16.1. The number of guanidine groups is 1. The fraction of sp³-hybridized carbons (Fsp3) is 0.600. The number of hydrogen-bond acceptors (Lipinski definition) is 3. The standard InChI is InChI=1S/C20H30N4O2/c1-21-19(24-11-8-20(14-24)9-12-26-15-20)22-10-7-16-5-4-6-17(13-16)18(25)23(2)3/h4-6,13H,7-12,14-15H2,1-3H3,(H,21,22). The van der Waals surface area contributed by atoms with Gasteiger partial charge in [-0.1, -0.05) is 12.1 Å². The predicted octanol–water partition coefficient (Wildman–Crippen LogP) is 1.62. The molecule has 1 aromatic carbocycles. The van der Waals surface area contributed by atoms with Crippen LogP contribution in [0.15, 0.2) is 29.3 Å². The molecule has 0 bridgehead atoms. The molecule has 3 rings (SSSR count). The maximum Gasteiger partial charge on any atom is 0.253 e. The summed E-state index contributed by atoms with van der Waals surface area (Å²) >= 11 is 0. The number of hydrogen-bond donors (Lipinski definition) is 1. The van der Waals surface area contributed by atoms with E-state index in [2.05, 4.69) is 21.3 Å². The summed E-state index contributed by atoms with van der Waals surface area (Å²) in [4.78, 5) is 20.5. The van der Waals surface area contributed by atoms with Gasteiger partial charge in [0.2, 0.25) is 0 Å². The third-order valence-corrected chi connectivity index (χ3v) is 5.41. The monoisotopic (exact) mass is 358 g/mol. The Hall–Kier alpha value is -2.08. The van der Waals surface area contributed by atoms with E-state index in [4.69, 9.17) is 4.74 Å². The van der Waals surface area contributed by atoms with Gasteiger partial charge in [-0.2, -0.15) is 0 Å². The molecule has 0 saturated carbocycles. The largest absolute Gasteiger partial charge is 0.381 e. The van der Waals surface area contributed by atoms with Crippen LogP contribution in [-0.4, -0.2) is 75.7 Å². The number of rotatable bonds is 4. The summed E-state index contributed by atoms with van der Waals surface area (Å²) < 4.78 is 5.61. The van der Waals surface area contributed by atoms with Crippen molar-refractivity contribution in [3.63, 3.8) is 0 Å². The van der Waals surface area contributed by atoms with E-state index in [1.54, 1.807) is 19.0 Å². The Bertz CT molecular complexity index is 666. The summed E-state index contributed by atoms with van der Waals surface area (Å²) in [6, 6.07) is 7.86. The van der Waals surface area contributed by atoms with Crippen LogP contribution in [0.3, 0.4) is 0 Å². The second-order valence-corrected chi connectivity index (χ2v) is 7.60. The number of nitrogens with zero attached hydrogens (tertiary/aromatic N) is 3. The topological polar surface area (TPSA) is 57.2 Å². The van der Waals surface area contributed by atoms with E-state index in [0.717, 1.165) is 62.8 Å². The first kappa shape index (κ1) is 18.7. The molecule has 0 radical (unpaired) electrons. The van der Waals surface area contributed by atoms with Gasteiger partial charge in [0.15, 0.2) is 5.96 Å². The smallest absolute Gasteiger partial charge is 0.253 e. The Labute approximate surface area is 156 Å². The zero-order valence-corrected chi connectivity index (χ0v) is 16.1. The van der Waals surface area contributed by atoms with E-state index in [-0.39, 0.29) is 5.91 Å². The molecule has 6 nitrogen and oxygen atoms in total. The van der Waals surface area contributed by atoms with Crippen molar-refractivity contribution in [3.8, 4) is 0 Å². The second-order valence-electron chi connectivity index (χ2n) is 7.60. The Morgan fingerprint density at radius 1 is 1.38 bits per heavy atom. The van der Waals surface area contributed by atoms with E-state index in [9.17, 15) is 4.79 Å². The van der Waals surface area contributed by atoms with Crippen LogP contribution in [0.25, 0.3) is 0 Å². The molecule has 1 N–H and O–H groups in total. The molecule has 2 saturated heterocycles. The van der Waals surface area contributed by atoms with Crippen LogP contribution < -0.4 is 5.32 Å². The number of benzene rings is 1. The summed E-state index contributed by atoms with van der Waals surface area (Å²) in [5, 5.41) is 3.48. The molecule has 6 heteroatoms. The molecule has 26 heavy (non-hydrogen) atoms. The van der Waals surface area contributed by atoms with Gasteiger partial charge in [-0.05, 0) is 37.0 Å². The van der Waals surface area contributed by atoms with Crippen molar-refractivity contribution in [2.75, 3.05) is 54.0 Å². The number of ether oxygens (including phenoxy) is 1. The molecule has 2 heterocycles. The highest BCUT2D eigenvalue weighted by Crippen LogP contribution is 2.38. The molecule has 0 aromatic heterocycles. The highest BCUT2D eigenvalue weighted by Gasteiger charge is 2.42. The summed E-state index contributed by atoms with van der Waals surface area (Å²) in [6.45, 7) is 4.64. The van der Waals surface area contributed by atoms with E-state index < -0.39 is 0 Å². The van der Waals surface area contributed by atoms with Crippen LogP contribution in [0.4, 0.5) is 0 Å². The molecule has 2 aliphatic heterocycles. The quantitative estimate of drug-likeness (QED) is 0.656. The molecule has 1 unspecified atom stereocenters. The minimum atomic E-state index is 0.0387. The van der Waals surface area contributed by atoms with E-state index in [1.165, 1.54) is 6.42 Å². The molecular weight excluding hydrogens is 328 g/mol. The summed E-state index contributed by atoms with van der Waals surface area (Å²) in [5.74, 6) is 1.01. The van der Waals surface area contributed by atoms with Crippen LogP contribution >= 0.6 is 0 Å². The Morgan fingerprint density at radius 2 is 2.23 bits per heavy atom. The first-order valence-electron chi connectivity index (χ1n) is 9.37. The zero-order chi connectivity index (χ0) is 18.6. The maximum absolute atomic E-state index is 12.1. The van der Waals surface area contributed by atoms with Gasteiger partial charge in [0.05, 0.1) is 6.61 Å². The lowest BCUT2D eigenvalue weighted by Gasteiger charge is -2.25. The molecule has 2 fully saturated rings. The van der Waals surface area contributed by atoms with Crippen LogP contribution in [0.5, 0.6) is 0 Å².